The van der Waals surface area contributed by atoms with Gasteiger partial charge in [-0.2, -0.15) is 8.78 Å². The summed E-state index contributed by atoms with van der Waals surface area (Å²) in [6, 6.07) is 11.8. The van der Waals surface area contributed by atoms with Crippen molar-refractivity contribution in [1.29, 1.82) is 0 Å². The molecule has 0 atom stereocenters. The highest BCUT2D eigenvalue weighted by Gasteiger charge is 2.08. The normalized spacial score (nSPS) is 11.3. The Kier molecular flexibility index (Phi) is 5.52. The van der Waals surface area contributed by atoms with Gasteiger partial charge in [0.15, 0.2) is 5.65 Å². The summed E-state index contributed by atoms with van der Waals surface area (Å²) >= 11 is 0. The predicted molar refractivity (Wildman–Crippen MR) is 91.8 cm³/mol. The van der Waals surface area contributed by atoms with E-state index in [-0.39, 0.29) is 11.7 Å². The number of amides is 1. The van der Waals surface area contributed by atoms with E-state index in [9.17, 15) is 13.6 Å². The zero-order chi connectivity index (χ0) is 18.4. The van der Waals surface area contributed by atoms with Gasteiger partial charge in [0.1, 0.15) is 11.6 Å². The highest BCUT2D eigenvalue weighted by Crippen LogP contribution is 2.21. The molecule has 6 nitrogen and oxygen atoms in total. The van der Waals surface area contributed by atoms with Crippen LogP contribution in [0.4, 0.5) is 8.78 Å². The van der Waals surface area contributed by atoms with E-state index in [1.807, 2.05) is 28.8 Å². The molecule has 2 heterocycles. The summed E-state index contributed by atoms with van der Waals surface area (Å²) in [7, 11) is 0. The summed E-state index contributed by atoms with van der Waals surface area (Å²) < 4.78 is 31.0. The quantitative estimate of drug-likeness (QED) is 0.660. The number of carbonyl (C=O) groups excluding carboxylic acids is 1. The SMILES string of the molecule is O=C(/C=C/c1ccccc1OC(F)F)NCCc1nnc2ccccn12. The van der Waals surface area contributed by atoms with Gasteiger partial charge in [-0.05, 0) is 24.3 Å². The number of halogens is 2. The molecule has 26 heavy (non-hydrogen) atoms. The van der Waals surface area contributed by atoms with Crippen LogP contribution in [-0.4, -0.2) is 33.7 Å². The van der Waals surface area contributed by atoms with Crippen LogP contribution in [0.15, 0.2) is 54.7 Å². The van der Waals surface area contributed by atoms with Gasteiger partial charge in [-0.15, -0.1) is 10.2 Å². The monoisotopic (exact) mass is 358 g/mol. The Balaban J connectivity index is 1.55. The lowest BCUT2D eigenvalue weighted by Crippen LogP contribution is -2.24. The fourth-order valence-corrected chi connectivity index (χ4v) is 2.40. The number of rotatable bonds is 7. The summed E-state index contributed by atoms with van der Waals surface area (Å²) in [4.78, 5) is 11.9. The van der Waals surface area contributed by atoms with Gasteiger partial charge in [-0.3, -0.25) is 9.20 Å². The van der Waals surface area contributed by atoms with Crippen molar-refractivity contribution < 1.29 is 18.3 Å². The number of nitrogens with one attached hydrogen (secondary N) is 1. The summed E-state index contributed by atoms with van der Waals surface area (Å²) in [5.41, 5.74) is 1.13. The summed E-state index contributed by atoms with van der Waals surface area (Å²) in [5, 5.41) is 10.8. The third kappa shape index (κ3) is 4.41. The van der Waals surface area contributed by atoms with E-state index in [4.69, 9.17) is 0 Å². The van der Waals surface area contributed by atoms with Gasteiger partial charge in [-0.1, -0.05) is 24.3 Å². The van der Waals surface area contributed by atoms with Crippen molar-refractivity contribution in [1.82, 2.24) is 19.9 Å². The molecule has 8 heteroatoms. The molecule has 0 aliphatic heterocycles. The smallest absolute Gasteiger partial charge is 0.387 e. The van der Waals surface area contributed by atoms with E-state index >= 15 is 0 Å². The number of aromatic nitrogens is 3. The maximum Gasteiger partial charge on any atom is 0.387 e. The molecular weight excluding hydrogens is 342 g/mol. The van der Waals surface area contributed by atoms with Crippen LogP contribution in [0, 0.1) is 0 Å². The molecule has 0 radical (unpaired) electrons. The molecule has 0 spiro atoms. The number of pyridine rings is 1. The predicted octanol–water partition coefficient (Wildman–Crippen LogP) is 2.70. The van der Waals surface area contributed by atoms with Crippen LogP contribution in [0.3, 0.4) is 0 Å². The van der Waals surface area contributed by atoms with Gasteiger partial charge in [0.25, 0.3) is 0 Å². The van der Waals surface area contributed by atoms with Crippen molar-refractivity contribution in [2.24, 2.45) is 0 Å². The largest absolute Gasteiger partial charge is 0.434 e. The molecule has 3 aromatic rings. The average molecular weight is 358 g/mol. The lowest BCUT2D eigenvalue weighted by molar-refractivity contribution is -0.116. The van der Waals surface area contributed by atoms with Crippen LogP contribution < -0.4 is 10.1 Å². The molecule has 1 amide bonds. The summed E-state index contributed by atoms with van der Waals surface area (Å²) in [5.74, 6) is 0.410. The number of alkyl halides is 2. The van der Waals surface area contributed by atoms with Crippen LogP contribution in [0.5, 0.6) is 5.75 Å². The van der Waals surface area contributed by atoms with Crippen LogP contribution in [0.2, 0.25) is 0 Å². The van der Waals surface area contributed by atoms with Gasteiger partial charge in [0.05, 0.1) is 0 Å². The van der Waals surface area contributed by atoms with E-state index < -0.39 is 6.61 Å². The Morgan fingerprint density at radius 3 is 2.85 bits per heavy atom. The van der Waals surface area contributed by atoms with Gasteiger partial charge >= 0.3 is 6.61 Å². The minimum absolute atomic E-state index is 0.0153. The molecule has 0 saturated heterocycles. The molecule has 3 rings (SSSR count). The molecule has 0 saturated carbocycles. The number of hydrogen-bond acceptors (Lipinski definition) is 4. The van der Waals surface area contributed by atoms with Crippen molar-refractivity contribution in [3.63, 3.8) is 0 Å². The minimum atomic E-state index is -2.92. The second-order valence-electron chi connectivity index (χ2n) is 5.34. The Morgan fingerprint density at radius 2 is 2.00 bits per heavy atom. The van der Waals surface area contributed by atoms with E-state index in [1.54, 1.807) is 18.2 Å². The maximum absolute atomic E-state index is 12.4. The molecule has 1 N–H and O–H groups in total. The van der Waals surface area contributed by atoms with Crippen LogP contribution in [0.1, 0.15) is 11.4 Å². The molecule has 0 bridgehead atoms. The first-order valence-corrected chi connectivity index (χ1v) is 7.92. The Labute approximate surface area is 148 Å². The fraction of sp³-hybridized carbons (Fsp3) is 0.167. The number of hydrogen-bond donors (Lipinski definition) is 1. The Hall–Kier alpha value is -3.29. The highest BCUT2D eigenvalue weighted by atomic mass is 19.3. The molecule has 1 aromatic carbocycles. The summed E-state index contributed by atoms with van der Waals surface area (Å²) in [6.07, 6.45) is 5.07. The lowest BCUT2D eigenvalue weighted by Gasteiger charge is -2.07. The first kappa shape index (κ1) is 17.5. The van der Waals surface area contributed by atoms with Crippen molar-refractivity contribution in [3.8, 4) is 5.75 Å². The Morgan fingerprint density at radius 1 is 1.19 bits per heavy atom. The zero-order valence-electron chi connectivity index (χ0n) is 13.7. The summed E-state index contributed by atoms with van der Waals surface area (Å²) in [6.45, 7) is -2.55. The lowest BCUT2D eigenvalue weighted by atomic mass is 10.2. The number of para-hydroxylation sites is 1. The number of benzene rings is 1. The standard InChI is InChI=1S/C18H16F2N4O2/c19-18(20)26-14-6-2-1-5-13(14)8-9-17(25)21-11-10-16-23-22-15-7-3-4-12-24(15)16/h1-9,12,18H,10-11H2,(H,21,25)/b9-8+. The number of nitrogens with zero attached hydrogens (tertiary/aromatic N) is 3. The van der Waals surface area contributed by atoms with Gasteiger partial charge < -0.3 is 10.1 Å². The van der Waals surface area contributed by atoms with E-state index in [1.165, 1.54) is 18.2 Å². The second kappa shape index (κ2) is 8.19. The number of carbonyl (C=O) groups is 1. The topological polar surface area (TPSA) is 68.5 Å². The fourth-order valence-electron chi connectivity index (χ4n) is 2.40. The second-order valence-corrected chi connectivity index (χ2v) is 5.34. The molecule has 0 aliphatic rings. The number of fused-ring (bicyclic) bond motifs is 1. The Bertz CT molecular complexity index is 924. The van der Waals surface area contributed by atoms with Crippen molar-refractivity contribution >= 4 is 17.6 Å². The first-order chi connectivity index (χ1) is 12.6. The van der Waals surface area contributed by atoms with E-state index in [0.717, 1.165) is 11.5 Å². The molecular formula is C18H16F2N4O2. The van der Waals surface area contributed by atoms with Crippen LogP contribution in [0.25, 0.3) is 11.7 Å². The van der Waals surface area contributed by atoms with Crippen LogP contribution >= 0.6 is 0 Å². The average Bonchev–Trinajstić information content (AvgIpc) is 3.04. The maximum atomic E-state index is 12.4. The van der Waals surface area contributed by atoms with Crippen LogP contribution in [-0.2, 0) is 11.2 Å². The van der Waals surface area contributed by atoms with Crippen molar-refractivity contribution in [2.45, 2.75) is 13.0 Å². The molecule has 2 aromatic heterocycles. The van der Waals surface area contributed by atoms with Crippen molar-refractivity contribution in [3.05, 3.63) is 66.1 Å². The third-order valence-electron chi connectivity index (χ3n) is 3.58. The molecule has 0 aliphatic carbocycles. The van der Waals surface area contributed by atoms with Gasteiger partial charge in [0.2, 0.25) is 5.91 Å². The molecule has 0 fully saturated rings. The van der Waals surface area contributed by atoms with Gasteiger partial charge in [0, 0.05) is 30.8 Å². The number of ether oxygens (including phenoxy) is 1. The minimum Gasteiger partial charge on any atom is -0.434 e. The first-order valence-electron chi connectivity index (χ1n) is 7.92. The van der Waals surface area contributed by atoms with E-state index in [0.29, 0.717) is 18.5 Å². The van der Waals surface area contributed by atoms with E-state index in [2.05, 4.69) is 20.3 Å². The highest BCUT2D eigenvalue weighted by molar-refractivity contribution is 5.92. The van der Waals surface area contributed by atoms with Crippen molar-refractivity contribution in [2.75, 3.05) is 6.54 Å². The zero-order valence-corrected chi connectivity index (χ0v) is 13.7. The van der Waals surface area contributed by atoms with Gasteiger partial charge in [-0.25, -0.2) is 0 Å². The molecule has 134 valence electrons. The molecule has 0 unspecified atom stereocenters. The third-order valence-corrected chi connectivity index (χ3v) is 3.58.